The van der Waals surface area contributed by atoms with Crippen molar-refractivity contribution in [2.24, 2.45) is 0 Å². The Morgan fingerprint density at radius 2 is 1.89 bits per heavy atom. The van der Waals surface area contributed by atoms with Crippen molar-refractivity contribution in [1.29, 1.82) is 5.26 Å². The van der Waals surface area contributed by atoms with E-state index in [1.54, 1.807) is 0 Å². The minimum Gasteiger partial charge on any atom is -0.485 e. The van der Waals surface area contributed by atoms with Crippen molar-refractivity contribution in [2.75, 3.05) is 6.61 Å². The molecule has 0 aliphatic carbocycles. The molecule has 0 N–H and O–H groups in total. The molecule has 5 heteroatoms. The molecule has 0 saturated heterocycles. The van der Waals surface area contributed by atoms with Crippen molar-refractivity contribution in [1.82, 2.24) is 4.98 Å². The lowest BCUT2D eigenvalue weighted by Crippen LogP contribution is -2.19. The van der Waals surface area contributed by atoms with Crippen LogP contribution in [0.4, 0.5) is 0 Å². The fourth-order valence-corrected chi connectivity index (χ4v) is 3.76. The molecule has 1 heterocycles. The van der Waals surface area contributed by atoms with Gasteiger partial charge in [-0.05, 0) is 24.5 Å². The van der Waals surface area contributed by atoms with Gasteiger partial charge < -0.3 is 4.74 Å². The van der Waals surface area contributed by atoms with Crippen molar-refractivity contribution in [3.63, 3.8) is 0 Å². The highest BCUT2D eigenvalue weighted by molar-refractivity contribution is 7.10. The zero-order chi connectivity index (χ0) is 20.1. The van der Waals surface area contributed by atoms with Crippen molar-refractivity contribution < 1.29 is 9.53 Å². The summed E-state index contributed by atoms with van der Waals surface area (Å²) in [6.45, 7) is 6.02. The van der Waals surface area contributed by atoms with Crippen LogP contribution in [0.1, 0.15) is 41.8 Å². The summed E-state index contributed by atoms with van der Waals surface area (Å²) in [6, 6.07) is 17.8. The third-order valence-electron chi connectivity index (χ3n) is 4.48. The number of Topliss-reactive ketones (excluding diaryl/α,β-unsaturated/α-hetero) is 1. The maximum absolute atomic E-state index is 12.6. The Kier molecular flexibility index (Phi) is 6.23. The minimum absolute atomic E-state index is 0.151. The molecular formula is C23H22N2O2S. The van der Waals surface area contributed by atoms with Crippen LogP contribution in [0.2, 0.25) is 0 Å². The molecule has 0 bridgehead atoms. The number of ether oxygens (including phenoxy) is 1. The first-order chi connectivity index (χ1) is 13.5. The number of thiazole rings is 1. The SMILES string of the molecule is Cc1ccc(-c2csc(C(C#N)C(=O)COc3ccccc3C(C)C)n2)cc1. The second-order valence-electron chi connectivity index (χ2n) is 6.95. The topological polar surface area (TPSA) is 63.0 Å². The summed E-state index contributed by atoms with van der Waals surface area (Å²) in [5.41, 5.74) is 3.96. The van der Waals surface area contributed by atoms with Gasteiger partial charge in [0, 0.05) is 10.9 Å². The summed E-state index contributed by atoms with van der Waals surface area (Å²) >= 11 is 1.33. The number of nitriles is 1. The molecule has 0 fully saturated rings. The first-order valence-corrected chi connectivity index (χ1v) is 10.0. The van der Waals surface area contributed by atoms with E-state index in [2.05, 4.69) is 24.9 Å². The van der Waals surface area contributed by atoms with Gasteiger partial charge in [0.1, 0.15) is 17.4 Å². The zero-order valence-corrected chi connectivity index (χ0v) is 17.0. The van der Waals surface area contributed by atoms with Gasteiger partial charge in [-0.25, -0.2) is 4.98 Å². The van der Waals surface area contributed by atoms with Crippen LogP contribution in [-0.4, -0.2) is 17.4 Å². The number of rotatable bonds is 7. The second-order valence-corrected chi connectivity index (χ2v) is 7.84. The van der Waals surface area contributed by atoms with Gasteiger partial charge in [0.2, 0.25) is 0 Å². The Balaban J connectivity index is 1.73. The van der Waals surface area contributed by atoms with Crippen LogP contribution in [0, 0.1) is 18.3 Å². The van der Waals surface area contributed by atoms with E-state index in [1.165, 1.54) is 16.9 Å². The van der Waals surface area contributed by atoms with Gasteiger partial charge in [0.05, 0.1) is 11.8 Å². The Bertz CT molecular complexity index is 1000. The number of aryl methyl sites for hydroxylation is 1. The van der Waals surface area contributed by atoms with Crippen molar-refractivity contribution in [3.05, 3.63) is 70.0 Å². The molecule has 0 aliphatic rings. The standard InChI is InChI=1S/C23H22N2O2S/c1-15(2)18-6-4-5-7-22(18)27-13-21(26)19(12-24)23-25-20(14-28-23)17-10-8-16(3)9-11-17/h4-11,14-15,19H,13H2,1-3H3. The molecular weight excluding hydrogens is 368 g/mol. The number of aromatic nitrogens is 1. The molecule has 1 aromatic heterocycles. The molecule has 4 nitrogen and oxygen atoms in total. The highest BCUT2D eigenvalue weighted by atomic mass is 32.1. The zero-order valence-electron chi connectivity index (χ0n) is 16.2. The molecule has 0 amide bonds. The van der Waals surface area contributed by atoms with E-state index in [4.69, 9.17) is 4.74 Å². The van der Waals surface area contributed by atoms with Gasteiger partial charge in [-0.2, -0.15) is 5.26 Å². The van der Waals surface area contributed by atoms with Crippen LogP contribution in [0.3, 0.4) is 0 Å². The molecule has 0 aliphatic heterocycles. The smallest absolute Gasteiger partial charge is 0.194 e. The number of ketones is 1. The number of carbonyl (C=O) groups is 1. The van der Waals surface area contributed by atoms with E-state index in [0.29, 0.717) is 10.8 Å². The number of para-hydroxylation sites is 1. The largest absolute Gasteiger partial charge is 0.485 e. The lowest BCUT2D eigenvalue weighted by molar-refractivity contribution is -0.121. The van der Waals surface area contributed by atoms with Crippen LogP contribution in [0.5, 0.6) is 5.75 Å². The van der Waals surface area contributed by atoms with E-state index in [-0.39, 0.29) is 18.3 Å². The number of benzene rings is 2. The lowest BCUT2D eigenvalue weighted by atomic mass is 10.0. The first kappa shape index (κ1) is 19.8. The highest BCUT2D eigenvalue weighted by Crippen LogP contribution is 2.29. The third kappa shape index (κ3) is 4.47. The molecule has 1 unspecified atom stereocenters. The maximum Gasteiger partial charge on any atom is 0.194 e. The van der Waals surface area contributed by atoms with E-state index >= 15 is 0 Å². The maximum atomic E-state index is 12.6. The number of hydrogen-bond donors (Lipinski definition) is 0. The normalized spacial score (nSPS) is 11.8. The molecule has 28 heavy (non-hydrogen) atoms. The quantitative estimate of drug-likeness (QED) is 0.534. The second kappa shape index (κ2) is 8.81. The summed E-state index contributed by atoms with van der Waals surface area (Å²) in [5, 5.41) is 11.9. The Labute approximate surface area is 169 Å². The average molecular weight is 391 g/mol. The monoisotopic (exact) mass is 390 g/mol. The molecule has 0 saturated carbocycles. The molecule has 0 radical (unpaired) electrons. The predicted octanol–water partition coefficient (Wildman–Crippen LogP) is 5.50. The summed E-state index contributed by atoms with van der Waals surface area (Å²) in [6.07, 6.45) is 0. The molecule has 3 rings (SSSR count). The van der Waals surface area contributed by atoms with Gasteiger partial charge in [-0.3, -0.25) is 4.79 Å². The number of hydrogen-bond acceptors (Lipinski definition) is 5. The van der Waals surface area contributed by atoms with E-state index < -0.39 is 5.92 Å². The van der Waals surface area contributed by atoms with Crippen LogP contribution in [0.25, 0.3) is 11.3 Å². The van der Waals surface area contributed by atoms with E-state index in [1.807, 2.05) is 60.8 Å². The Hall–Kier alpha value is -2.97. The summed E-state index contributed by atoms with van der Waals surface area (Å²) < 4.78 is 5.75. The number of nitrogens with zero attached hydrogens (tertiary/aromatic N) is 2. The molecule has 1 atom stereocenters. The first-order valence-electron chi connectivity index (χ1n) is 9.16. The van der Waals surface area contributed by atoms with Crippen LogP contribution in [0.15, 0.2) is 53.9 Å². The Morgan fingerprint density at radius 3 is 2.57 bits per heavy atom. The van der Waals surface area contributed by atoms with Gasteiger partial charge >= 0.3 is 0 Å². The van der Waals surface area contributed by atoms with Gasteiger partial charge in [0.25, 0.3) is 0 Å². The van der Waals surface area contributed by atoms with Crippen molar-refractivity contribution in [3.8, 4) is 23.1 Å². The minimum atomic E-state index is -0.921. The van der Waals surface area contributed by atoms with Crippen LogP contribution < -0.4 is 4.74 Å². The molecule has 0 spiro atoms. The highest BCUT2D eigenvalue weighted by Gasteiger charge is 2.24. The molecule has 2 aromatic carbocycles. The number of carbonyl (C=O) groups excluding carboxylic acids is 1. The van der Waals surface area contributed by atoms with E-state index in [9.17, 15) is 10.1 Å². The fraction of sp³-hybridized carbons (Fsp3) is 0.261. The van der Waals surface area contributed by atoms with Crippen LogP contribution >= 0.6 is 11.3 Å². The molecule has 3 aromatic rings. The molecule has 142 valence electrons. The van der Waals surface area contributed by atoms with Crippen molar-refractivity contribution in [2.45, 2.75) is 32.6 Å². The van der Waals surface area contributed by atoms with Gasteiger partial charge in [-0.1, -0.05) is 61.9 Å². The lowest BCUT2D eigenvalue weighted by Gasteiger charge is -2.14. The summed E-state index contributed by atoms with van der Waals surface area (Å²) in [7, 11) is 0. The average Bonchev–Trinajstić information content (AvgIpc) is 3.17. The van der Waals surface area contributed by atoms with Gasteiger partial charge in [-0.15, -0.1) is 11.3 Å². The summed E-state index contributed by atoms with van der Waals surface area (Å²) in [4.78, 5) is 17.2. The van der Waals surface area contributed by atoms with Crippen molar-refractivity contribution >= 4 is 17.1 Å². The van der Waals surface area contributed by atoms with E-state index in [0.717, 1.165) is 16.8 Å². The van der Waals surface area contributed by atoms with Crippen LogP contribution in [-0.2, 0) is 4.79 Å². The predicted molar refractivity (Wildman–Crippen MR) is 112 cm³/mol. The fourth-order valence-electron chi connectivity index (χ4n) is 2.86. The third-order valence-corrected chi connectivity index (χ3v) is 5.39. The Morgan fingerprint density at radius 1 is 1.18 bits per heavy atom. The van der Waals surface area contributed by atoms with Gasteiger partial charge in [0.15, 0.2) is 11.7 Å². The summed E-state index contributed by atoms with van der Waals surface area (Å²) in [5.74, 6) is -0.239.